The third-order valence-corrected chi connectivity index (χ3v) is 13.1. The molecule has 64 heavy (non-hydrogen) atoms. The summed E-state index contributed by atoms with van der Waals surface area (Å²) >= 11 is 0. The summed E-state index contributed by atoms with van der Waals surface area (Å²) in [7, 11) is -10.8. The van der Waals surface area contributed by atoms with Crippen LogP contribution in [0.1, 0.15) is 174 Å². The van der Waals surface area contributed by atoms with Crippen LogP contribution in [-0.4, -0.2) is 85.7 Å². The molecule has 6 N–H and O–H groups in total. The molecule has 1 aromatic heterocycles. The smallest absolute Gasteiger partial charge is 0.462 e. The van der Waals surface area contributed by atoms with Gasteiger partial charge in [0, 0.05) is 19.0 Å². The maximum Gasteiger partial charge on any atom is 0.481 e. The van der Waals surface area contributed by atoms with Crippen molar-refractivity contribution in [3.05, 3.63) is 47.1 Å². The fourth-order valence-corrected chi connectivity index (χ4v) is 8.94. The molecule has 0 spiro atoms. The van der Waals surface area contributed by atoms with Gasteiger partial charge in [-0.2, -0.15) is 9.29 Å². The molecule has 0 aromatic carbocycles. The summed E-state index contributed by atoms with van der Waals surface area (Å²) in [5, 5.41) is 20.9. The van der Waals surface area contributed by atoms with E-state index >= 15 is 0 Å². The molecule has 7 atom stereocenters. The Labute approximate surface area is 379 Å². The monoisotopic (exact) mass is 949 g/mol. The maximum absolute atomic E-state index is 12.8. The third-order valence-electron chi connectivity index (χ3n) is 10.5. The van der Waals surface area contributed by atoms with Gasteiger partial charge in [-0.25, -0.2) is 13.9 Å². The lowest BCUT2D eigenvalue weighted by Crippen LogP contribution is -2.36. The fourth-order valence-electron chi connectivity index (χ4n) is 6.83. The third kappa shape index (κ3) is 26.4. The van der Waals surface area contributed by atoms with Gasteiger partial charge in [-0.1, -0.05) is 115 Å². The molecular weight excluding hydrogens is 872 g/mol. The SMILES string of the molecule is CCCCCCC=CCCCCCCCC(=O)OC[C@H](COP(=O)(O)OP(=O)(O)OC[C@H]1O[C@@H](n2ccc(N)nc2=O)[C@H](O)[C@@H]1O)OC(=O)CCCCCCCC=CCCCCCC. The first-order valence-electron chi connectivity index (χ1n) is 23.3. The number of anilines is 1. The van der Waals surface area contributed by atoms with Crippen LogP contribution in [0.2, 0.25) is 0 Å². The average molecular weight is 950 g/mol. The van der Waals surface area contributed by atoms with E-state index in [9.17, 15) is 43.5 Å². The summed E-state index contributed by atoms with van der Waals surface area (Å²) in [6.45, 7) is 2.09. The van der Waals surface area contributed by atoms with E-state index in [4.69, 9.17) is 29.0 Å². The molecule has 0 saturated carbocycles. The Balaban J connectivity index is 1.84. The number of phosphoric ester groups is 2. The number of aliphatic hydroxyl groups is 2. The van der Waals surface area contributed by atoms with Crippen molar-refractivity contribution in [2.45, 2.75) is 199 Å². The normalized spacial score (nSPS) is 20.1. The van der Waals surface area contributed by atoms with E-state index in [1.807, 2.05) is 0 Å². The number of hydrogen-bond acceptors (Lipinski definition) is 15. The van der Waals surface area contributed by atoms with Crippen LogP contribution < -0.4 is 11.4 Å². The maximum atomic E-state index is 12.8. The molecule has 1 saturated heterocycles. The zero-order chi connectivity index (χ0) is 47.1. The Bertz CT molecular complexity index is 1660. The highest BCUT2D eigenvalue weighted by Crippen LogP contribution is 2.60. The van der Waals surface area contributed by atoms with Crippen molar-refractivity contribution < 1.29 is 66.3 Å². The number of nitrogens with two attached hydrogens (primary N) is 1. The number of allylic oxidation sites excluding steroid dienone is 4. The molecular formula is C44H77N3O15P2. The molecule has 0 aliphatic carbocycles. The van der Waals surface area contributed by atoms with Crippen LogP contribution in [0.5, 0.6) is 0 Å². The van der Waals surface area contributed by atoms with Gasteiger partial charge in [-0.05, 0) is 70.3 Å². The number of carbonyl (C=O) groups excluding carboxylic acids is 2. The molecule has 1 aliphatic rings. The van der Waals surface area contributed by atoms with Crippen molar-refractivity contribution in [2.24, 2.45) is 0 Å². The highest BCUT2D eigenvalue weighted by molar-refractivity contribution is 7.61. The topological polar surface area (TPSA) is 265 Å². The van der Waals surface area contributed by atoms with E-state index in [1.165, 1.54) is 57.4 Å². The number of nitrogen functional groups attached to an aromatic ring is 1. The Hall–Kier alpha value is -2.76. The van der Waals surface area contributed by atoms with Gasteiger partial charge in [0.15, 0.2) is 12.3 Å². The van der Waals surface area contributed by atoms with E-state index in [0.717, 1.165) is 87.8 Å². The van der Waals surface area contributed by atoms with Crippen molar-refractivity contribution in [1.29, 1.82) is 0 Å². The first kappa shape index (κ1) is 57.4. The van der Waals surface area contributed by atoms with Gasteiger partial charge in [0.25, 0.3) is 0 Å². The highest BCUT2D eigenvalue weighted by Gasteiger charge is 2.46. The van der Waals surface area contributed by atoms with Crippen LogP contribution in [-0.2, 0) is 46.3 Å². The van der Waals surface area contributed by atoms with Crippen LogP contribution >= 0.6 is 15.6 Å². The largest absolute Gasteiger partial charge is 0.481 e. The van der Waals surface area contributed by atoms with Crippen molar-refractivity contribution in [3.63, 3.8) is 0 Å². The van der Waals surface area contributed by atoms with Crippen LogP contribution in [0.4, 0.5) is 5.82 Å². The summed E-state index contributed by atoms with van der Waals surface area (Å²) in [5.74, 6) is -1.31. The number of carbonyl (C=O) groups is 2. The second-order valence-electron chi connectivity index (χ2n) is 16.2. The zero-order valence-corrected chi connectivity index (χ0v) is 39.9. The standard InChI is InChI=1S/C44H77N3O15P2/c1-3-5-7-9-11-13-15-17-19-21-23-25-27-29-39(48)57-33-36(60-40(49)30-28-26-24-22-20-18-16-14-12-10-8-6-4-2)34-58-63(53,54)62-64(55,56)59-35-37-41(50)42(51)43(61-37)47-32-31-38(45)46-44(47)52/h13-16,31-32,36-37,41-43,50-51H,3-12,17-30,33-35H2,1-2H3,(H,53,54)(H,55,56)(H2,45,46,52)/t36-,37-,41-,42-,43-/m1/s1. The Morgan fingerprint density at radius 1 is 0.734 bits per heavy atom. The van der Waals surface area contributed by atoms with Gasteiger partial charge < -0.3 is 39.9 Å². The van der Waals surface area contributed by atoms with Crippen LogP contribution in [0.25, 0.3) is 0 Å². The molecule has 20 heteroatoms. The molecule has 1 aliphatic heterocycles. The molecule has 0 amide bonds. The molecule has 2 unspecified atom stereocenters. The molecule has 368 valence electrons. The number of rotatable bonds is 38. The van der Waals surface area contributed by atoms with E-state index in [-0.39, 0.29) is 18.7 Å². The lowest BCUT2D eigenvalue weighted by molar-refractivity contribution is -0.161. The van der Waals surface area contributed by atoms with Crippen LogP contribution in [0, 0.1) is 0 Å². The van der Waals surface area contributed by atoms with Gasteiger partial charge in [-0.15, -0.1) is 0 Å². The van der Waals surface area contributed by atoms with Crippen LogP contribution in [0.3, 0.4) is 0 Å². The predicted molar refractivity (Wildman–Crippen MR) is 243 cm³/mol. The van der Waals surface area contributed by atoms with Gasteiger partial charge in [0.05, 0.1) is 13.2 Å². The molecule has 0 radical (unpaired) electrons. The van der Waals surface area contributed by atoms with Crippen LogP contribution in [0.15, 0.2) is 41.4 Å². The molecule has 1 aromatic rings. The Morgan fingerprint density at radius 3 is 1.75 bits per heavy atom. The summed E-state index contributed by atoms with van der Waals surface area (Å²) < 4.78 is 56.6. The van der Waals surface area contributed by atoms with Crippen molar-refractivity contribution in [1.82, 2.24) is 9.55 Å². The second-order valence-corrected chi connectivity index (χ2v) is 19.3. The molecule has 1 fully saturated rings. The number of phosphoric acid groups is 2. The molecule has 18 nitrogen and oxygen atoms in total. The van der Waals surface area contributed by atoms with E-state index in [2.05, 4.69) is 47.4 Å². The number of nitrogens with zero attached hydrogens (tertiary/aromatic N) is 2. The lowest BCUT2D eigenvalue weighted by Gasteiger charge is -2.21. The number of hydrogen-bond donors (Lipinski definition) is 5. The van der Waals surface area contributed by atoms with Crippen molar-refractivity contribution in [3.8, 4) is 0 Å². The van der Waals surface area contributed by atoms with E-state index in [0.29, 0.717) is 12.8 Å². The molecule has 0 bridgehead atoms. The Morgan fingerprint density at radius 2 is 1.22 bits per heavy atom. The number of aliphatic hydroxyl groups excluding tert-OH is 2. The first-order chi connectivity index (χ1) is 30.7. The van der Waals surface area contributed by atoms with Gasteiger partial charge in [-0.3, -0.25) is 23.2 Å². The average Bonchev–Trinajstić information content (AvgIpc) is 3.52. The second kappa shape index (κ2) is 33.7. The van der Waals surface area contributed by atoms with E-state index < -0.39 is 83.7 Å². The Kier molecular flexibility index (Phi) is 30.2. The fraction of sp³-hybridized carbons (Fsp3) is 0.773. The summed E-state index contributed by atoms with van der Waals surface area (Å²) in [6, 6.07) is 1.25. The van der Waals surface area contributed by atoms with E-state index in [1.54, 1.807) is 0 Å². The summed E-state index contributed by atoms with van der Waals surface area (Å²) in [5.41, 5.74) is 4.58. The summed E-state index contributed by atoms with van der Waals surface area (Å²) in [4.78, 5) is 61.7. The minimum absolute atomic E-state index is 0.0396. The quantitative estimate of drug-likeness (QED) is 0.0180. The number of ether oxygens (including phenoxy) is 3. The number of esters is 2. The van der Waals surface area contributed by atoms with Gasteiger partial charge in [0.2, 0.25) is 0 Å². The van der Waals surface area contributed by atoms with Crippen molar-refractivity contribution >= 4 is 33.4 Å². The molecule has 2 rings (SSSR count). The number of aromatic nitrogens is 2. The lowest BCUT2D eigenvalue weighted by atomic mass is 10.1. The summed E-state index contributed by atoms with van der Waals surface area (Å²) in [6.07, 6.45) is 25.6. The van der Waals surface area contributed by atoms with Gasteiger partial charge in [0.1, 0.15) is 30.7 Å². The first-order valence-corrected chi connectivity index (χ1v) is 26.3. The van der Waals surface area contributed by atoms with Gasteiger partial charge >= 0.3 is 33.3 Å². The number of unbranched alkanes of at least 4 members (excludes halogenated alkanes) is 18. The predicted octanol–water partition coefficient (Wildman–Crippen LogP) is 8.66. The minimum atomic E-state index is -5.42. The molecule has 2 heterocycles. The minimum Gasteiger partial charge on any atom is -0.462 e. The van der Waals surface area contributed by atoms with Crippen molar-refractivity contribution in [2.75, 3.05) is 25.6 Å². The highest BCUT2D eigenvalue weighted by atomic mass is 31.3. The zero-order valence-electron chi connectivity index (χ0n) is 38.1.